The molecular formula is C17H21F2N7O3S. The van der Waals surface area contributed by atoms with Crippen molar-refractivity contribution in [2.45, 2.75) is 25.3 Å². The van der Waals surface area contributed by atoms with Crippen LogP contribution in [0.4, 0.5) is 14.7 Å². The minimum atomic E-state index is -3.20. The summed E-state index contributed by atoms with van der Waals surface area (Å²) in [6.45, 7) is 0.0542. The summed E-state index contributed by atoms with van der Waals surface area (Å²) >= 11 is 0. The molecule has 3 aromatic rings. The Kier molecular flexibility index (Phi) is 5.56. The normalized spacial score (nSPS) is 16.4. The number of anilines is 1. The molecule has 4 heterocycles. The van der Waals surface area contributed by atoms with E-state index in [2.05, 4.69) is 25.6 Å². The van der Waals surface area contributed by atoms with E-state index in [-0.39, 0.29) is 11.8 Å². The number of hydrogen-bond donors (Lipinski definition) is 2. The molecule has 0 radical (unpaired) electrons. The van der Waals surface area contributed by atoms with Gasteiger partial charge in [-0.15, -0.1) is 5.10 Å². The molecule has 0 spiro atoms. The van der Waals surface area contributed by atoms with Gasteiger partial charge in [-0.25, -0.2) is 26.0 Å². The Labute approximate surface area is 171 Å². The number of fused-ring (bicyclic) bond motifs is 1. The molecule has 162 valence electrons. The average molecular weight is 441 g/mol. The monoisotopic (exact) mass is 441 g/mol. The van der Waals surface area contributed by atoms with Crippen molar-refractivity contribution in [2.75, 3.05) is 31.3 Å². The Balaban J connectivity index is 1.58. The standard InChI is InChI=1S/C17H21F2N7O3S/c1-30(27,28)25-5-2-12(3-6-25)22-17-23-16-15(29-10-14(18)19)13(4-7-26(16)24-17)11-8-20-21-9-11/h4,7-9,12,14H,2-3,5-6,10H2,1H3,(H,20,21)(H,22,24). The zero-order valence-corrected chi connectivity index (χ0v) is 16.9. The number of aromatic amines is 1. The summed E-state index contributed by atoms with van der Waals surface area (Å²) < 4.78 is 57.1. The first kappa shape index (κ1) is 20.5. The summed E-state index contributed by atoms with van der Waals surface area (Å²) in [6.07, 6.45) is 4.64. The first-order chi connectivity index (χ1) is 14.3. The highest BCUT2D eigenvalue weighted by atomic mass is 32.2. The summed E-state index contributed by atoms with van der Waals surface area (Å²) in [5.74, 6) is 0.505. The van der Waals surface area contributed by atoms with E-state index in [9.17, 15) is 17.2 Å². The zero-order valence-electron chi connectivity index (χ0n) is 16.1. The molecule has 0 aliphatic carbocycles. The Morgan fingerprint density at radius 3 is 2.77 bits per heavy atom. The second-order valence-corrected chi connectivity index (χ2v) is 9.01. The van der Waals surface area contributed by atoms with Crippen LogP contribution in [0.25, 0.3) is 16.8 Å². The fourth-order valence-electron chi connectivity index (χ4n) is 3.41. The van der Waals surface area contributed by atoms with Crippen LogP contribution in [0.3, 0.4) is 0 Å². The van der Waals surface area contributed by atoms with Gasteiger partial charge in [-0.05, 0) is 18.9 Å². The molecule has 13 heteroatoms. The first-order valence-electron chi connectivity index (χ1n) is 9.32. The number of piperidine rings is 1. The second-order valence-electron chi connectivity index (χ2n) is 7.03. The Hall–Kier alpha value is -2.80. The van der Waals surface area contributed by atoms with Gasteiger partial charge in [-0.1, -0.05) is 0 Å². The lowest BCUT2D eigenvalue weighted by Crippen LogP contribution is -2.41. The number of aromatic nitrogens is 5. The van der Waals surface area contributed by atoms with Gasteiger partial charge in [0.2, 0.25) is 16.0 Å². The summed E-state index contributed by atoms with van der Waals surface area (Å²) in [5, 5.41) is 14.1. The van der Waals surface area contributed by atoms with Gasteiger partial charge < -0.3 is 10.1 Å². The molecule has 1 aliphatic rings. The fourth-order valence-corrected chi connectivity index (χ4v) is 4.29. The van der Waals surface area contributed by atoms with Crippen LogP contribution in [0.15, 0.2) is 24.7 Å². The van der Waals surface area contributed by atoms with Crippen LogP contribution in [-0.4, -0.2) is 75.9 Å². The van der Waals surface area contributed by atoms with E-state index in [0.29, 0.717) is 48.7 Å². The third-order valence-corrected chi connectivity index (χ3v) is 6.18. The van der Waals surface area contributed by atoms with Crippen LogP contribution < -0.4 is 10.1 Å². The van der Waals surface area contributed by atoms with Gasteiger partial charge >= 0.3 is 0 Å². The molecule has 0 unspecified atom stereocenters. The van der Waals surface area contributed by atoms with E-state index < -0.39 is 23.1 Å². The summed E-state index contributed by atoms with van der Waals surface area (Å²) in [6, 6.07) is 1.70. The maximum absolute atomic E-state index is 12.8. The minimum absolute atomic E-state index is 0.000751. The summed E-state index contributed by atoms with van der Waals surface area (Å²) in [5.41, 5.74) is 1.54. The van der Waals surface area contributed by atoms with Crippen molar-refractivity contribution in [2.24, 2.45) is 0 Å². The van der Waals surface area contributed by atoms with Crippen LogP contribution in [0.5, 0.6) is 5.75 Å². The van der Waals surface area contributed by atoms with Crippen molar-refractivity contribution in [3.8, 4) is 16.9 Å². The highest BCUT2D eigenvalue weighted by molar-refractivity contribution is 7.88. The lowest BCUT2D eigenvalue weighted by atomic mass is 10.1. The summed E-state index contributed by atoms with van der Waals surface area (Å²) in [4.78, 5) is 4.43. The van der Waals surface area contributed by atoms with Crippen molar-refractivity contribution in [3.63, 3.8) is 0 Å². The quantitative estimate of drug-likeness (QED) is 0.572. The van der Waals surface area contributed by atoms with Crippen LogP contribution in [0.2, 0.25) is 0 Å². The zero-order chi connectivity index (χ0) is 21.3. The van der Waals surface area contributed by atoms with Gasteiger partial charge in [0.1, 0.15) is 6.61 Å². The van der Waals surface area contributed by atoms with E-state index in [1.807, 2.05) is 0 Å². The molecule has 4 rings (SSSR count). The highest BCUT2D eigenvalue weighted by Crippen LogP contribution is 2.33. The highest BCUT2D eigenvalue weighted by Gasteiger charge is 2.26. The number of sulfonamides is 1. The molecule has 1 aliphatic heterocycles. The lowest BCUT2D eigenvalue weighted by molar-refractivity contribution is 0.0826. The number of rotatable bonds is 7. The predicted molar refractivity (Wildman–Crippen MR) is 105 cm³/mol. The minimum Gasteiger partial charge on any atom is -0.483 e. The van der Waals surface area contributed by atoms with E-state index in [4.69, 9.17) is 4.74 Å². The number of halogens is 2. The number of hydrogen-bond acceptors (Lipinski definition) is 7. The molecule has 1 fully saturated rings. The van der Waals surface area contributed by atoms with Crippen LogP contribution in [0, 0.1) is 0 Å². The van der Waals surface area contributed by atoms with Crippen molar-refractivity contribution in [3.05, 3.63) is 24.7 Å². The number of nitrogens with one attached hydrogen (secondary N) is 2. The molecule has 10 nitrogen and oxygen atoms in total. The van der Waals surface area contributed by atoms with Crippen LogP contribution in [0.1, 0.15) is 12.8 Å². The molecule has 1 saturated heterocycles. The fraction of sp³-hybridized carbons (Fsp3) is 0.471. The second kappa shape index (κ2) is 8.14. The Morgan fingerprint density at radius 2 is 2.13 bits per heavy atom. The van der Waals surface area contributed by atoms with E-state index >= 15 is 0 Å². The lowest BCUT2D eigenvalue weighted by Gasteiger charge is -2.30. The molecule has 2 N–H and O–H groups in total. The van der Waals surface area contributed by atoms with Crippen molar-refractivity contribution < 1.29 is 21.9 Å². The number of nitrogens with zero attached hydrogens (tertiary/aromatic N) is 5. The summed E-state index contributed by atoms with van der Waals surface area (Å²) in [7, 11) is -3.20. The first-order valence-corrected chi connectivity index (χ1v) is 11.2. The maximum atomic E-state index is 12.8. The predicted octanol–water partition coefficient (Wildman–Crippen LogP) is 1.60. The molecular weight excluding hydrogens is 420 g/mol. The topological polar surface area (TPSA) is 118 Å². The van der Waals surface area contributed by atoms with Gasteiger partial charge in [-0.3, -0.25) is 5.10 Å². The van der Waals surface area contributed by atoms with Gasteiger partial charge in [0.25, 0.3) is 6.43 Å². The number of alkyl halides is 2. The molecule has 0 atom stereocenters. The van der Waals surface area contributed by atoms with Gasteiger partial charge in [0, 0.05) is 42.7 Å². The molecule has 0 bridgehead atoms. The molecule has 0 amide bonds. The Bertz CT molecular complexity index is 1110. The number of H-pyrrole nitrogens is 1. The Morgan fingerprint density at radius 1 is 1.37 bits per heavy atom. The van der Waals surface area contributed by atoms with Crippen LogP contribution in [-0.2, 0) is 10.0 Å². The third-order valence-electron chi connectivity index (χ3n) is 4.88. The van der Waals surface area contributed by atoms with Crippen molar-refractivity contribution >= 4 is 21.6 Å². The molecule has 0 saturated carbocycles. The van der Waals surface area contributed by atoms with Gasteiger partial charge in [-0.2, -0.15) is 10.1 Å². The van der Waals surface area contributed by atoms with Crippen molar-refractivity contribution in [1.29, 1.82) is 0 Å². The molecule has 0 aromatic carbocycles. The average Bonchev–Trinajstić information content (AvgIpc) is 3.35. The number of pyridine rings is 1. The molecule has 3 aromatic heterocycles. The maximum Gasteiger partial charge on any atom is 0.272 e. The van der Waals surface area contributed by atoms with Gasteiger partial charge in [0.05, 0.1) is 12.5 Å². The smallest absolute Gasteiger partial charge is 0.272 e. The van der Waals surface area contributed by atoms with E-state index in [1.54, 1.807) is 24.7 Å². The van der Waals surface area contributed by atoms with E-state index in [0.717, 1.165) is 0 Å². The van der Waals surface area contributed by atoms with E-state index in [1.165, 1.54) is 15.1 Å². The molecule has 30 heavy (non-hydrogen) atoms. The van der Waals surface area contributed by atoms with Gasteiger partial charge in [0.15, 0.2) is 11.4 Å². The van der Waals surface area contributed by atoms with Crippen LogP contribution >= 0.6 is 0 Å². The SMILES string of the molecule is CS(=O)(=O)N1CCC(Nc2nc3c(OCC(F)F)c(-c4cn[nH]c4)ccn3n2)CC1. The van der Waals surface area contributed by atoms with Crippen molar-refractivity contribution in [1.82, 2.24) is 29.1 Å². The third kappa shape index (κ3) is 4.36. The number of ether oxygens (including phenoxy) is 1. The largest absolute Gasteiger partial charge is 0.483 e.